The summed E-state index contributed by atoms with van der Waals surface area (Å²) in [6, 6.07) is 2.32. The standard InChI is InChI=1S/C17H22F3N3O3/c1-25-9-13(23-15(24)22-12-7-16(8-12)3-4-16)11-2-5-21-14(6-11)26-10-17(18,19)20/h2,5-6,12-13H,3-4,7-10H2,1H3,(H2,22,23,24)/t13-/m0/s1. The molecule has 2 saturated carbocycles. The molecule has 2 aliphatic carbocycles. The number of amides is 2. The lowest BCUT2D eigenvalue weighted by Gasteiger charge is -2.36. The fourth-order valence-electron chi connectivity index (χ4n) is 3.32. The Kier molecular flexibility index (Phi) is 5.27. The van der Waals surface area contributed by atoms with Crippen molar-refractivity contribution in [3.8, 4) is 5.88 Å². The zero-order chi connectivity index (χ0) is 18.8. The summed E-state index contributed by atoms with van der Waals surface area (Å²) in [5.41, 5.74) is 1.04. The molecule has 1 spiro atoms. The number of carbonyl (C=O) groups excluding carboxylic acids is 1. The molecule has 6 nitrogen and oxygen atoms in total. The van der Waals surface area contributed by atoms with Crippen molar-refractivity contribution in [2.45, 2.75) is 43.9 Å². The second-order valence-corrected chi connectivity index (χ2v) is 7.06. The Morgan fingerprint density at radius 1 is 1.42 bits per heavy atom. The summed E-state index contributed by atoms with van der Waals surface area (Å²) in [5.74, 6) is -0.155. The van der Waals surface area contributed by atoms with E-state index in [0.717, 1.165) is 12.8 Å². The van der Waals surface area contributed by atoms with Gasteiger partial charge >= 0.3 is 12.2 Å². The third-order valence-electron chi connectivity index (χ3n) is 4.83. The molecule has 9 heteroatoms. The minimum atomic E-state index is -4.44. The minimum absolute atomic E-state index is 0.155. The summed E-state index contributed by atoms with van der Waals surface area (Å²) >= 11 is 0. The summed E-state index contributed by atoms with van der Waals surface area (Å²) in [6.45, 7) is -1.25. The number of hydrogen-bond donors (Lipinski definition) is 2. The molecule has 0 aliphatic heterocycles. The van der Waals surface area contributed by atoms with Crippen molar-refractivity contribution in [2.75, 3.05) is 20.3 Å². The minimum Gasteiger partial charge on any atom is -0.468 e. The third-order valence-corrected chi connectivity index (χ3v) is 4.83. The fraction of sp³-hybridized carbons (Fsp3) is 0.647. The highest BCUT2D eigenvalue weighted by molar-refractivity contribution is 5.75. The number of carbonyl (C=O) groups is 1. The maximum absolute atomic E-state index is 12.3. The number of hydrogen-bond acceptors (Lipinski definition) is 4. The number of alkyl halides is 3. The van der Waals surface area contributed by atoms with Crippen molar-refractivity contribution in [1.29, 1.82) is 0 Å². The molecule has 1 aromatic rings. The maximum Gasteiger partial charge on any atom is 0.422 e. The van der Waals surface area contributed by atoms with E-state index in [0.29, 0.717) is 11.0 Å². The van der Waals surface area contributed by atoms with Crippen LogP contribution in [0.5, 0.6) is 5.88 Å². The van der Waals surface area contributed by atoms with E-state index in [1.165, 1.54) is 32.2 Å². The normalized spacial score (nSPS) is 19.5. The molecule has 1 atom stereocenters. The number of nitrogens with zero attached hydrogens (tertiary/aromatic N) is 1. The molecule has 2 aliphatic rings. The van der Waals surface area contributed by atoms with Crippen LogP contribution >= 0.6 is 0 Å². The third kappa shape index (κ3) is 5.00. The van der Waals surface area contributed by atoms with Crippen LogP contribution in [0, 0.1) is 5.41 Å². The lowest BCUT2D eigenvalue weighted by atomic mass is 9.77. The molecule has 26 heavy (non-hydrogen) atoms. The van der Waals surface area contributed by atoms with E-state index in [-0.39, 0.29) is 24.6 Å². The van der Waals surface area contributed by atoms with Gasteiger partial charge in [-0.15, -0.1) is 0 Å². The lowest BCUT2D eigenvalue weighted by molar-refractivity contribution is -0.154. The zero-order valence-corrected chi connectivity index (χ0v) is 14.4. The molecule has 0 radical (unpaired) electrons. The molecule has 144 valence electrons. The largest absolute Gasteiger partial charge is 0.468 e. The van der Waals surface area contributed by atoms with Crippen molar-refractivity contribution >= 4 is 6.03 Å². The van der Waals surface area contributed by atoms with E-state index in [1.54, 1.807) is 6.07 Å². The topological polar surface area (TPSA) is 72.5 Å². The number of pyridine rings is 1. The fourth-order valence-corrected chi connectivity index (χ4v) is 3.32. The van der Waals surface area contributed by atoms with Crippen LogP contribution in [0.2, 0.25) is 0 Å². The molecule has 0 aromatic carbocycles. The van der Waals surface area contributed by atoms with Crippen molar-refractivity contribution in [2.24, 2.45) is 5.41 Å². The quantitative estimate of drug-likeness (QED) is 0.771. The smallest absolute Gasteiger partial charge is 0.422 e. The van der Waals surface area contributed by atoms with Crippen molar-refractivity contribution < 1.29 is 27.4 Å². The predicted molar refractivity (Wildman–Crippen MR) is 86.8 cm³/mol. The van der Waals surface area contributed by atoms with Crippen LogP contribution in [0.25, 0.3) is 0 Å². The zero-order valence-electron chi connectivity index (χ0n) is 14.4. The van der Waals surface area contributed by atoms with Crippen molar-refractivity contribution in [3.05, 3.63) is 23.9 Å². The Morgan fingerprint density at radius 2 is 2.15 bits per heavy atom. The van der Waals surface area contributed by atoms with Gasteiger partial charge in [-0.05, 0) is 42.7 Å². The molecule has 2 fully saturated rings. The van der Waals surface area contributed by atoms with E-state index in [2.05, 4.69) is 20.4 Å². The number of halogens is 3. The average molecular weight is 373 g/mol. The molecular weight excluding hydrogens is 351 g/mol. The first-order chi connectivity index (χ1) is 12.3. The van der Waals surface area contributed by atoms with Gasteiger partial charge in [0.2, 0.25) is 5.88 Å². The van der Waals surface area contributed by atoms with Gasteiger partial charge in [0, 0.05) is 25.4 Å². The summed E-state index contributed by atoms with van der Waals surface area (Å²) in [7, 11) is 1.48. The average Bonchev–Trinajstić information content (AvgIpc) is 3.32. The molecule has 2 N–H and O–H groups in total. The first kappa shape index (κ1) is 18.8. The van der Waals surface area contributed by atoms with Crippen LogP contribution in [0.1, 0.15) is 37.3 Å². The number of rotatable bonds is 7. The number of aromatic nitrogens is 1. The maximum atomic E-state index is 12.3. The van der Waals surface area contributed by atoms with Crippen LogP contribution in [0.4, 0.5) is 18.0 Å². The van der Waals surface area contributed by atoms with Gasteiger partial charge < -0.3 is 20.1 Å². The first-order valence-electron chi connectivity index (χ1n) is 8.50. The van der Waals surface area contributed by atoms with Crippen LogP contribution in [0.15, 0.2) is 18.3 Å². The SMILES string of the molecule is COC[C@H](NC(=O)NC1CC2(CC2)C1)c1ccnc(OCC(F)(F)F)c1. The van der Waals surface area contributed by atoms with Gasteiger partial charge in [-0.25, -0.2) is 9.78 Å². The highest BCUT2D eigenvalue weighted by Crippen LogP contribution is 2.60. The lowest BCUT2D eigenvalue weighted by Crippen LogP contribution is -2.50. The number of methoxy groups -OCH3 is 1. The monoisotopic (exact) mass is 373 g/mol. The van der Waals surface area contributed by atoms with Gasteiger partial charge in [0.15, 0.2) is 6.61 Å². The molecule has 2 amide bonds. The van der Waals surface area contributed by atoms with Crippen molar-refractivity contribution in [3.63, 3.8) is 0 Å². The Hall–Kier alpha value is -2.03. The summed E-state index contributed by atoms with van der Waals surface area (Å²) in [4.78, 5) is 16.0. The van der Waals surface area contributed by atoms with Gasteiger partial charge in [0.05, 0.1) is 12.6 Å². The molecule has 1 heterocycles. The molecule has 0 bridgehead atoms. The van der Waals surface area contributed by atoms with Gasteiger partial charge in [0.25, 0.3) is 0 Å². The molecule has 3 rings (SSSR count). The molecular formula is C17H22F3N3O3. The summed E-state index contributed by atoms with van der Waals surface area (Å²) < 4.78 is 46.6. The highest BCUT2D eigenvalue weighted by atomic mass is 19.4. The Balaban J connectivity index is 1.56. The van der Waals surface area contributed by atoms with Gasteiger partial charge in [-0.1, -0.05) is 0 Å². The summed E-state index contributed by atoms with van der Waals surface area (Å²) in [5, 5.41) is 5.73. The van der Waals surface area contributed by atoms with Gasteiger partial charge in [-0.2, -0.15) is 13.2 Å². The number of nitrogens with one attached hydrogen (secondary N) is 2. The number of urea groups is 1. The number of ether oxygens (including phenoxy) is 2. The molecule has 0 unspecified atom stereocenters. The van der Waals surface area contributed by atoms with Crippen molar-refractivity contribution in [1.82, 2.24) is 15.6 Å². The Morgan fingerprint density at radius 3 is 2.77 bits per heavy atom. The van der Waals surface area contributed by atoms with E-state index in [9.17, 15) is 18.0 Å². The van der Waals surface area contributed by atoms with Crippen LogP contribution in [-0.2, 0) is 4.74 Å². The Bertz CT molecular complexity index is 642. The van der Waals surface area contributed by atoms with Crippen LogP contribution < -0.4 is 15.4 Å². The van der Waals surface area contributed by atoms with Gasteiger partial charge in [0.1, 0.15) is 0 Å². The molecule has 0 saturated heterocycles. The molecule has 1 aromatic heterocycles. The van der Waals surface area contributed by atoms with Crippen LogP contribution in [-0.4, -0.2) is 43.6 Å². The van der Waals surface area contributed by atoms with E-state index < -0.39 is 18.8 Å². The second-order valence-electron chi connectivity index (χ2n) is 7.06. The van der Waals surface area contributed by atoms with E-state index >= 15 is 0 Å². The van der Waals surface area contributed by atoms with Crippen LogP contribution in [0.3, 0.4) is 0 Å². The van der Waals surface area contributed by atoms with E-state index in [4.69, 9.17) is 4.74 Å². The summed E-state index contributed by atoms with van der Waals surface area (Å²) in [6.07, 6.45) is 1.42. The first-order valence-corrected chi connectivity index (χ1v) is 8.50. The van der Waals surface area contributed by atoms with Gasteiger partial charge in [-0.3, -0.25) is 0 Å². The highest BCUT2D eigenvalue weighted by Gasteiger charge is 2.53. The second kappa shape index (κ2) is 7.30. The Labute approximate surface area is 149 Å². The van der Waals surface area contributed by atoms with E-state index in [1.807, 2.05) is 0 Å². The predicted octanol–water partition coefficient (Wildman–Crippen LogP) is 2.95.